The van der Waals surface area contributed by atoms with Crippen molar-refractivity contribution < 1.29 is 4.39 Å². The lowest BCUT2D eigenvalue weighted by atomic mass is 10.2. The van der Waals surface area contributed by atoms with E-state index in [1.165, 1.54) is 17.4 Å². The maximum atomic E-state index is 13.7. The summed E-state index contributed by atoms with van der Waals surface area (Å²) in [5, 5.41) is 5.53. The third-order valence-corrected chi connectivity index (χ3v) is 4.68. The first kappa shape index (κ1) is 17.2. The zero-order valence-corrected chi connectivity index (χ0v) is 14.7. The summed E-state index contributed by atoms with van der Waals surface area (Å²) in [4.78, 5) is 5.18. The first-order chi connectivity index (χ1) is 10.7. The number of halogens is 1. The van der Waals surface area contributed by atoms with Crippen LogP contribution in [0.15, 0.2) is 40.8 Å². The number of thiocarbonyl (C=S) groups is 1. The van der Waals surface area contributed by atoms with Crippen molar-refractivity contribution in [2.75, 3.05) is 18.6 Å². The molecule has 0 atom stereocenters. The molecule has 1 N–H and O–H groups in total. The predicted molar refractivity (Wildman–Crippen MR) is 97.0 cm³/mol. The Kier molecular flexibility index (Phi) is 7.08. The maximum Gasteiger partial charge on any atom is 0.195 e. The number of benzene rings is 1. The van der Waals surface area contributed by atoms with Crippen molar-refractivity contribution in [3.8, 4) is 0 Å². The van der Waals surface area contributed by atoms with E-state index in [9.17, 15) is 4.39 Å². The third-order valence-electron chi connectivity index (χ3n) is 2.96. The number of nitrogens with zero attached hydrogens (tertiary/aromatic N) is 2. The fourth-order valence-corrected chi connectivity index (χ4v) is 3.27. The van der Waals surface area contributed by atoms with Gasteiger partial charge in [-0.1, -0.05) is 18.2 Å². The van der Waals surface area contributed by atoms with Gasteiger partial charge in [0.2, 0.25) is 0 Å². The molecule has 0 radical (unpaired) electrons. The summed E-state index contributed by atoms with van der Waals surface area (Å²) in [5.74, 6) is 0.895. The van der Waals surface area contributed by atoms with Crippen LogP contribution in [0, 0.1) is 5.82 Å². The second kappa shape index (κ2) is 9.07. The van der Waals surface area contributed by atoms with Crippen molar-refractivity contribution >= 4 is 40.4 Å². The number of nitrogens with one attached hydrogen (secondary N) is 1. The lowest BCUT2D eigenvalue weighted by Gasteiger charge is -2.05. The smallest absolute Gasteiger partial charge is 0.195 e. The van der Waals surface area contributed by atoms with Gasteiger partial charge in [-0.25, -0.2) is 4.39 Å². The molecular formula is C15H18FN3S3. The topological polar surface area (TPSA) is 29.3 Å². The largest absolute Gasteiger partial charge is 0.361 e. The Balaban J connectivity index is 2.04. The van der Waals surface area contributed by atoms with Crippen LogP contribution in [0.4, 0.5) is 4.39 Å². The average molecular weight is 356 g/mol. The maximum absolute atomic E-state index is 13.7. The van der Waals surface area contributed by atoms with E-state index in [4.69, 9.17) is 12.2 Å². The van der Waals surface area contributed by atoms with Crippen LogP contribution in [-0.2, 0) is 6.54 Å². The Morgan fingerprint density at radius 1 is 1.45 bits per heavy atom. The summed E-state index contributed by atoms with van der Waals surface area (Å²) < 4.78 is 15.6. The molecule has 0 bridgehead atoms. The second-order valence-corrected chi connectivity index (χ2v) is 6.84. The van der Waals surface area contributed by atoms with Crippen LogP contribution in [0.2, 0.25) is 0 Å². The van der Waals surface area contributed by atoms with Crippen molar-refractivity contribution in [1.82, 2.24) is 9.88 Å². The summed E-state index contributed by atoms with van der Waals surface area (Å²) >= 11 is 8.54. The Labute approximate surface area is 143 Å². The highest BCUT2D eigenvalue weighted by Gasteiger charge is 2.03. The third kappa shape index (κ3) is 5.23. The predicted octanol–water partition coefficient (Wildman–Crippen LogP) is 3.27. The van der Waals surface area contributed by atoms with Gasteiger partial charge in [-0.2, -0.15) is 16.8 Å². The molecule has 3 nitrogen and oxygen atoms in total. The fraction of sp³-hybridized carbons (Fsp3) is 0.333. The minimum absolute atomic E-state index is 0.204. The Morgan fingerprint density at radius 3 is 3.05 bits per heavy atom. The number of thioether (sulfide) groups is 1. The van der Waals surface area contributed by atoms with Crippen LogP contribution in [-0.4, -0.2) is 28.2 Å². The van der Waals surface area contributed by atoms with Crippen molar-refractivity contribution in [3.05, 3.63) is 52.0 Å². The molecule has 0 fully saturated rings. The van der Waals surface area contributed by atoms with Crippen LogP contribution >= 0.6 is 35.3 Å². The van der Waals surface area contributed by atoms with Gasteiger partial charge in [0.15, 0.2) is 9.91 Å². The molecule has 22 heavy (non-hydrogen) atoms. The normalized spacial score (nSPS) is 11.6. The fourth-order valence-electron chi connectivity index (χ4n) is 1.86. The molecule has 118 valence electrons. The molecule has 0 unspecified atom stereocenters. The van der Waals surface area contributed by atoms with E-state index in [0.717, 1.165) is 23.5 Å². The number of aromatic nitrogens is 1. The first-order valence-electron chi connectivity index (χ1n) is 6.89. The second-order valence-electron chi connectivity index (χ2n) is 4.59. The lowest BCUT2D eigenvalue weighted by Crippen LogP contribution is -2.25. The molecule has 0 spiro atoms. The summed E-state index contributed by atoms with van der Waals surface area (Å²) in [7, 11) is 0. The summed E-state index contributed by atoms with van der Waals surface area (Å²) in [6, 6.07) is 6.77. The zero-order chi connectivity index (χ0) is 15.8. The summed E-state index contributed by atoms with van der Waals surface area (Å²) in [6.45, 7) is 1.27. The van der Waals surface area contributed by atoms with Gasteiger partial charge in [-0.05, 0) is 36.7 Å². The van der Waals surface area contributed by atoms with Crippen LogP contribution in [0.3, 0.4) is 0 Å². The molecular weight excluding hydrogens is 337 g/mol. The van der Waals surface area contributed by atoms with E-state index in [-0.39, 0.29) is 5.82 Å². The molecule has 0 saturated carbocycles. The Morgan fingerprint density at radius 2 is 2.27 bits per heavy atom. The highest BCUT2D eigenvalue weighted by Crippen LogP contribution is 2.08. The van der Waals surface area contributed by atoms with Crippen molar-refractivity contribution in [1.29, 1.82) is 0 Å². The van der Waals surface area contributed by atoms with Gasteiger partial charge in [0.1, 0.15) is 5.82 Å². The molecule has 7 heteroatoms. The first-order valence-corrected chi connectivity index (χ1v) is 9.57. The van der Waals surface area contributed by atoms with Crippen molar-refractivity contribution in [3.63, 3.8) is 0 Å². The average Bonchev–Trinajstić information content (AvgIpc) is 2.93. The van der Waals surface area contributed by atoms with Gasteiger partial charge in [0, 0.05) is 23.7 Å². The van der Waals surface area contributed by atoms with E-state index in [0.29, 0.717) is 17.2 Å². The number of hydrogen-bond donors (Lipinski definition) is 1. The SMILES string of the molecule is CSCCCNC(=S)N=c1sccn1Cc1ccccc1F. The lowest BCUT2D eigenvalue weighted by molar-refractivity contribution is 0.597. The molecule has 0 aliphatic carbocycles. The molecule has 0 amide bonds. The van der Waals surface area contributed by atoms with E-state index >= 15 is 0 Å². The van der Waals surface area contributed by atoms with Gasteiger partial charge in [-0.15, -0.1) is 11.3 Å². The molecule has 1 heterocycles. The van der Waals surface area contributed by atoms with Gasteiger partial charge < -0.3 is 9.88 Å². The van der Waals surface area contributed by atoms with E-state index in [2.05, 4.69) is 16.6 Å². The van der Waals surface area contributed by atoms with E-state index in [1.807, 2.05) is 34.0 Å². The number of thiazole rings is 1. The standard InChI is InChI=1S/C15H18FN3S3/c1-21-9-4-7-17-14(20)18-15-19(8-10-22-15)11-12-5-2-3-6-13(12)16/h2-3,5-6,8,10H,4,7,9,11H2,1H3,(H,17,20). The molecule has 2 aromatic rings. The van der Waals surface area contributed by atoms with E-state index in [1.54, 1.807) is 12.1 Å². The van der Waals surface area contributed by atoms with Crippen LogP contribution in [0.5, 0.6) is 0 Å². The number of rotatable bonds is 6. The highest BCUT2D eigenvalue weighted by atomic mass is 32.2. The molecule has 0 aliphatic heterocycles. The minimum Gasteiger partial charge on any atom is -0.361 e. The monoisotopic (exact) mass is 355 g/mol. The summed E-state index contributed by atoms with van der Waals surface area (Å²) in [5.41, 5.74) is 0.640. The van der Waals surface area contributed by atoms with Crippen LogP contribution in [0.1, 0.15) is 12.0 Å². The quantitative estimate of drug-likeness (QED) is 0.637. The zero-order valence-electron chi connectivity index (χ0n) is 12.3. The van der Waals surface area contributed by atoms with Crippen molar-refractivity contribution in [2.45, 2.75) is 13.0 Å². The van der Waals surface area contributed by atoms with Crippen LogP contribution < -0.4 is 10.1 Å². The molecule has 0 aliphatic rings. The number of hydrogen-bond acceptors (Lipinski definition) is 3. The van der Waals surface area contributed by atoms with Gasteiger partial charge >= 0.3 is 0 Å². The van der Waals surface area contributed by atoms with Crippen molar-refractivity contribution in [2.24, 2.45) is 4.99 Å². The summed E-state index contributed by atoms with van der Waals surface area (Å²) in [6.07, 6.45) is 5.03. The van der Waals surface area contributed by atoms with Gasteiger partial charge in [0.05, 0.1) is 6.54 Å². The highest BCUT2D eigenvalue weighted by molar-refractivity contribution is 7.98. The molecule has 1 aromatic carbocycles. The molecule has 2 rings (SSSR count). The Bertz CT molecular complexity index is 678. The molecule has 1 aromatic heterocycles. The van der Waals surface area contributed by atoms with Gasteiger partial charge in [-0.3, -0.25) is 0 Å². The Hall–Kier alpha value is -1.18. The van der Waals surface area contributed by atoms with E-state index < -0.39 is 0 Å². The minimum atomic E-state index is -0.204. The van der Waals surface area contributed by atoms with Gasteiger partial charge in [0.25, 0.3) is 0 Å². The molecule has 0 saturated heterocycles. The van der Waals surface area contributed by atoms with Crippen LogP contribution in [0.25, 0.3) is 0 Å².